The number of aromatic carboxylic acids is 1. The second-order valence-electron chi connectivity index (χ2n) is 22.0. The third-order valence-corrected chi connectivity index (χ3v) is 13.6. The van der Waals surface area contributed by atoms with Gasteiger partial charge in [0.1, 0.15) is 11.3 Å². The molecule has 5 aromatic rings. The number of ether oxygens (including phenoxy) is 2. The molecule has 7 rings (SSSR count). The number of rotatable bonds is 19. The minimum atomic E-state index is -1.82. The monoisotopic (exact) mass is 2110 g/mol. The molecular weight excluding hydrogens is 2020 g/mol. The van der Waals surface area contributed by atoms with Crippen molar-refractivity contribution in [3.05, 3.63) is 215 Å². The van der Waals surface area contributed by atoms with Crippen molar-refractivity contribution in [3.8, 4) is 5.75 Å². The van der Waals surface area contributed by atoms with E-state index in [9.17, 15) is 33.6 Å². The zero-order chi connectivity index (χ0) is 78.5. The van der Waals surface area contributed by atoms with E-state index in [4.69, 9.17) is 130 Å². The number of esters is 2. The van der Waals surface area contributed by atoms with E-state index in [2.05, 4.69) is 42.6 Å². The largest absolute Gasteiger partial charge is 2.00 e. The fraction of sp³-hybridized carbons (Fsp3) is 0.408. The van der Waals surface area contributed by atoms with Crippen molar-refractivity contribution in [2.24, 2.45) is 5.92 Å². The van der Waals surface area contributed by atoms with Crippen molar-refractivity contribution >= 4 is 108 Å². The van der Waals surface area contributed by atoms with Gasteiger partial charge in [0.25, 0.3) is 5.97 Å². The van der Waals surface area contributed by atoms with Crippen LogP contribution < -0.4 is 4.74 Å². The molecule has 0 amide bonds. The first-order chi connectivity index (χ1) is 48.0. The number of nitrogens with two attached hydrogens (primary N) is 2. The Hall–Kier alpha value is -6.75. The van der Waals surface area contributed by atoms with Gasteiger partial charge in [-0.15, -0.1) is 0 Å². The van der Waals surface area contributed by atoms with Crippen LogP contribution in [0.3, 0.4) is 0 Å². The van der Waals surface area contributed by atoms with Gasteiger partial charge in [-0.25, -0.2) is 28.8 Å². The maximum Gasteiger partial charge on any atom is 2.00 e. The van der Waals surface area contributed by atoms with Gasteiger partial charge in [-0.1, -0.05) is 216 Å². The fourth-order valence-corrected chi connectivity index (χ4v) is 8.04. The number of nitrogens with one attached hydrogen (secondary N) is 4. The molecule has 0 heterocycles. The number of halogens is 4. The van der Waals surface area contributed by atoms with Gasteiger partial charge < -0.3 is 90.7 Å². The molecule has 3 unspecified atom stereocenters. The van der Waals surface area contributed by atoms with E-state index in [0.29, 0.717) is 12.3 Å². The molecule has 0 saturated heterocycles. The van der Waals surface area contributed by atoms with E-state index in [1.54, 1.807) is 19.1 Å². The van der Waals surface area contributed by atoms with E-state index >= 15 is 0 Å². The second-order valence-corrected chi connectivity index (χ2v) is 26.4. The van der Waals surface area contributed by atoms with Gasteiger partial charge >= 0.3 is 137 Å². The molecule has 0 radical (unpaired) electrons. The molecule has 106 heavy (non-hydrogen) atoms. The maximum absolute atomic E-state index is 10.8. The van der Waals surface area contributed by atoms with Crippen molar-refractivity contribution in [2.75, 3.05) is 0 Å². The van der Waals surface area contributed by atoms with Crippen LogP contribution >= 0.6 is 42.0 Å². The average Bonchev–Trinajstić information content (AvgIpc) is 0.873. The summed E-state index contributed by atoms with van der Waals surface area (Å²) >= 11 is 9.08. The Labute approximate surface area is 674 Å². The summed E-state index contributed by atoms with van der Waals surface area (Å²) in [7, 11) is 12.8. The molecule has 17 N–H and O–H groups in total. The first kappa shape index (κ1) is 115. The molecule has 0 aromatic heterocycles. The smallest absolute Gasteiger partial charge is 0.693 e. The summed E-state index contributed by atoms with van der Waals surface area (Å²) in [6, 6.07) is 43.5. The Morgan fingerprint density at radius 2 is 0.764 bits per heavy atom. The second kappa shape index (κ2) is 73.8. The number of alkyl halides is 2. The molecule has 35 heteroatoms. The minimum Gasteiger partial charge on any atom is -0.693 e. The standard InChI is InChI=1S/C13H18O2.C11H13O2.2C10H12O2.C9H8O4.2C6H12N2.C2H2Cl2O2.2C2H2O4.2ClH.2H2N.3Pt/c1-9(2)8-11-4-6-12(7-5-11)10(3)13(14)15;1-13-11(12)9-5-8-10-6-3-2-4-7-10;2*11-10(12)8-4-7-9-5-2-1-3-6-9;1-6(10)13-8-5-3-2-4-7(8)9(11)12;2*7-5-3-1-2-4-6(5)8;3*3-1(4)2(5)6;;;;;;;/h4-7,9-10H,8H2,1-3H3,(H,14,15);2-4,6-7H,1,5,8-9H2;2*1-3,5-6H,4,7-8H2,(H,11,12);2-5H,1H3,(H,11,12);2*5-8H,1-4H2;1H,(H,5,6);2*(H,3,4)(H,5,6);2*1H;2*1H2;;;/q;-1;;;;2*-2;;;;;;2*-1;3*+2/p-2/t;;;;;2*5-,6?;;;;;;;;;;/m.....11........../s1. The van der Waals surface area contributed by atoms with Crippen molar-refractivity contribution in [1.82, 2.24) is 0 Å². The normalized spacial score (nSPS) is 13.9. The van der Waals surface area contributed by atoms with E-state index in [1.807, 2.05) is 103 Å². The molecule has 604 valence electrons. The zero-order valence-electron chi connectivity index (χ0n) is 58.7. The molecule has 0 bridgehead atoms. The summed E-state index contributed by atoms with van der Waals surface area (Å²) in [5.74, 6) is -12.3. The summed E-state index contributed by atoms with van der Waals surface area (Å²) in [5, 5.41) is 71.6. The third-order valence-electron chi connectivity index (χ3n) is 13.2. The third kappa shape index (κ3) is 71.5. The van der Waals surface area contributed by atoms with Gasteiger partial charge in [0, 0.05) is 26.2 Å². The van der Waals surface area contributed by atoms with Gasteiger partial charge in [0.15, 0.2) is 0 Å². The van der Waals surface area contributed by atoms with Gasteiger partial charge in [-0.3, -0.25) is 24.0 Å². The van der Waals surface area contributed by atoms with Crippen LogP contribution in [0, 0.1) is 13.0 Å². The molecule has 28 nitrogen and oxygen atoms in total. The van der Waals surface area contributed by atoms with Crippen LogP contribution in [-0.4, -0.2) is 141 Å². The number of aryl methyl sites for hydroxylation is 3. The summed E-state index contributed by atoms with van der Waals surface area (Å²) in [5.41, 5.74) is 34.9. The van der Waals surface area contributed by atoms with Gasteiger partial charge in [-0.2, -0.15) is 31.3 Å². The molecule has 2 aliphatic carbocycles. The Balaban J connectivity index is -0.000000169. The predicted octanol–water partition coefficient (Wildman–Crippen LogP) is 17.7. The number of carbonyl (C=O) groups excluding carboxylic acids is 2. The number of carboxylic acid groups (broad SMARTS) is 9. The molecule has 5 aromatic carbocycles. The Kier molecular flexibility index (Phi) is 80.1. The quantitative estimate of drug-likeness (QED) is 0.0122. The number of carboxylic acids is 9. The average molecular weight is 2110 g/mol. The Morgan fingerprint density at radius 1 is 0.472 bits per heavy atom. The molecule has 2 fully saturated rings. The van der Waals surface area contributed by atoms with Crippen molar-refractivity contribution in [2.45, 2.75) is 178 Å². The molecule has 2 saturated carbocycles. The Morgan fingerprint density at radius 3 is 1.00 bits per heavy atom. The van der Waals surface area contributed by atoms with Crippen LogP contribution in [0.1, 0.15) is 162 Å². The van der Waals surface area contributed by atoms with Crippen LogP contribution in [0.5, 0.6) is 5.75 Å². The fourth-order valence-electron chi connectivity index (χ4n) is 8.04. The molecule has 2 aliphatic rings. The van der Waals surface area contributed by atoms with Crippen LogP contribution in [0.4, 0.5) is 0 Å². The van der Waals surface area contributed by atoms with E-state index in [-0.39, 0.29) is 109 Å². The van der Waals surface area contributed by atoms with Crippen LogP contribution in [0.2, 0.25) is 0 Å². The maximum atomic E-state index is 10.8. The van der Waals surface area contributed by atoms with Gasteiger partial charge in [0.2, 0.25) is 4.84 Å². The van der Waals surface area contributed by atoms with Gasteiger partial charge in [0.05, 0.1) is 5.92 Å². The molecular formula is C71H97Cl4N6O22Pt3-3. The van der Waals surface area contributed by atoms with Crippen molar-refractivity contribution < 1.29 is 167 Å². The number of benzene rings is 5. The summed E-state index contributed by atoms with van der Waals surface area (Å²) in [4.78, 5) is 108. The SMILES string of the molecule is CC(=O)Oc1ccccc1C(=O)O.CC(C)Cc1ccc(C(C)C(=O)O)cc1.O=C(O)C(=O)O.O=C(O)C(=O)O.O=C(O)C(Cl)Cl.O=C(O)CCCc1ccccc1.O=C(O)CCCc1ccccc1.[CH2-]OC(=O)CCCc1ccccc1.[Cl][Pt][Cl].[NH-]C1CCCC[C@H]1[NH-].[NH-]C1CCCC[C@H]1[NH-].[NH2-].[NH2-].[Pt+2].[Pt+2]. The molecule has 5 atom stereocenters. The van der Waals surface area contributed by atoms with E-state index < -0.39 is 86.9 Å². The summed E-state index contributed by atoms with van der Waals surface area (Å²) < 4.78 is 8.99. The van der Waals surface area contributed by atoms with Gasteiger partial charge in [-0.05, 0) is 97.7 Å². The number of aliphatic carboxylic acids is 8. The summed E-state index contributed by atoms with van der Waals surface area (Å²) in [6.45, 7) is 7.28. The number of hydrogen-bond acceptors (Lipinski definition) is 13. The topological polar surface area (TPSA) is 550 Å². The molecule has 0 aliphatic heterocycles. The molecule has 0 spiro atoms. The van der Waals surface area contributed by atoms with Crippen molar-refractivity contribution in [3.63, 3.8) is 0 Å². The zero-order valence-corrected chi connectivity index (χ0v) is 68.5. The van der Waals surface area contributed by atoms with Crippen LogP contribution in [0.25, 0.3) is 35.2 Å². The summed E-state index contributed by atoms with van der Waals surface area (Å²) in [6.07, 6.45) is 15.4. The van der Waals surface area contributed by atoms with E-state index in [0.717, 1.165) is 76.2 Å². The van der Waals surface area contributed by atoms with Crippen LogP contribution in [0.15, 0.2) is 140 Å². The van der Waals surface area contributed by atoms with Crippen LogP contribution in [-0.2, 0) is 137 Å². The number of hydrogen-bond donors (Lipinski definition) is 9. The Bertz CT molecular complexity index is 3020. The number of para-hydroxylation sites is 1. The van der Waals surface area contributed by atoms with Crippen molar-refractivity contribution in [1.29, 1.82) is 0 Å². The van der Waals surface area contributed by atoms with E-state index in [1.165, 1.54) is 67.0 Å². The first-order valence-electron chi connectivity index (χ1n) is 31.4. The first-order valence-corrected chi connectivity index (χ1v) is 37.9. The minimum absolute atomic E-state index is 0. The predicted molar refractivity (Wildman–Crippen MR) is 396 cm³/mol. The number of carbonyl (C=O) groups is 11.